The Bertz CT molecular complexity index is 200. The van der Waals surface area contributed by atoms with Crippen molar-refractivity contribution in [1.82, 2.24) is 5.32 Å². The Hall–Kier alpha value is -0.590. The molecular weight excluding hydrogens is 176 g/mol. The quantitative estimate of drug-likeness (QED) is 0.728. The summed E-state index contributed by atoms with van der Waals surface area (Å²) < 4.78 is 5.43. The molecule has 1 aliphatic carbocycles. The first kappa shape index (κ1) is 11.5. The van der Waals surface area contributed by atoms with Crippen molar-refractivity contribution in [2.75, 3.05) is 13.2 Å². The van der Waals surface area contributed by atoms with Crippen molar-refractivity contribution in [2.24, 2.45) is 5.92 Å². The first-order valence-electron chi connectivity index (χ1n) is 5.52. The van der Waals surface area contributed by atoms with Crippen molar-refractivity contribution in [3.63, 3.8) is 0 Å². The molecule has 0 aliphatic heterocycles. The van der Waals surface area contributed by atoms with Crippen LogP contribution in [0.1, 0.15) is 33.1 Å². The number of hydrogen-bond donors (Lipinski definition) is 1. The van der Waals surface area contributed by atoms with Crippen LogP contribution >= 0.6 is 0 Å². The third kappa shape index (κ3) is 3.28. The molecule has 0 aromatic rings. The van der Waals surface area contributed by atoms with Crippen LogP contribution in [-0.2, 0) is 4.74 Å². The summed E-state index contributed by atoms with van der Waals surface area (Å²) >= 11 is 0. The van der Waals surface area contributed by atoms with Crippen LogP contribution in [0.3, 0.4) is 0 Å². The molecule has 0 radical (unpaired) electrons. The SMILES string of the molecule is CCOC(C)CNC1CCCC1C#N. The molecule has 0 aromatic carbocycles. The Morgan fingerprint density at radius 2 is 2.36 bits per heavy atom. The summed E-state index contributed by atoms with van der Waals surface area (Å²) in [5, 5.41) is 12.3. The van der Waals surface area contributed by atoms with Crippen LogP contribution in [0.5, 0.6) is 0 Å². The zero-order valence-corrected chi connectivity index (χ0v) is 9.12. The van der Waals surface area contributed by atoms with Gasteiger partial charge in [0.05, 0.1) is 18.1 Å². The lowest BCUT2D eigenvalue weighted by Crippen LogP contribution is -2.37. The molecular formula is C11H20N2O. The zero-order chi connectivity index (χ0) is 10.4. The molecule has 3 unspecified atom stereocenters. The topological polar surface area (TPSA) is 45.0 Å². The summed E-state index contributed by atoms with van der Waals surface area (Å²) in [5.41, 5.74) is 0. The predicted octanol–water partition coefficient (Wildman–Crippen LogP) is 1.69. The standard InChI is InChI=1S/C11H20N2O/c1-3-14-9(2)8-13-11-6-4-5-10(11)7-12/h9-11,13H,3-6,8H2,1-2H3. The summed E-state index contributed by atoms with van der Waals surface area (Å²) in [4.78, 5) is 0. The zero-order valence-electron chi connectivity index (χ0n) is 9.12. The maximum absolute atomic E-state index is 8.88. The largest absolute Gasteiger partial charge is 0.377 e. The Kier molecular flexibility index (Phi) is 4.92. The lowest BCUT2D eigenvalue weighted by atomic mass is 10.1. The van der Waals surface area contributed by atoms with Crippen LogP contribution in [0.4, 0.5) is 0 Å². The first-order valence-corrected chi connectivity index (χ1v) is 5.52. The Morgan fingerprint density at radius 3 is 3.00 bits per heavy atom. The van der Waals surface area contributed by atoms with Gasteiger partial charge < -0.3 is 10.1 Å². The maximum Gasteiger partial charge on any atom is 0.0672 e. The number of nitriles is 1. The monoisotopic (exact) mass is 196 g/mol. The van der Waals surface area contributed by atoms with Gasteiger partial charge in [-0.05, 0) is 26.7 Å². The highest BCUT2D eigenvalue weighted by Gasteiger charge is 2.26. The predicted molar refractivity (Wildman–Crippen MR) is 55.8 cm³/mol. The minimum atomic E-state index is 0.212. The van der Waals surface area contributed by atoms with Gasteiger partial charge in [0.1, 0.15) is 0 Å². The molecule has 0 amide bonds. The average Bonchev–Trinajstić information content (AvgIpc) is 2.62. The summed E-state index contributed by atoms with van der Waals surface area (Å²) in [5.74, 6) is 0.212. The number of nitrogens with zero attached hydrogens (tertiary/aromatic N) is 1. The molecule has 14 heavy (non-hydrogen) atoms. The van der Waals surface area contributed by atoms with Crippen LogP contribution in [0.15, 0.2) is 0 Å². The number of nitrogens with one attached hydrogen (secondary N) is 1. The molecule has 0 heterocycles. The Morgan fingerprint density at radius 1 is 1.57 bits per heavy atom. The number of hydrogen-bond acceptors (Lipinski definition) is 3. The van der Waals surface area contributed by atoms with E-state index in [-0.39, 0.29) is 12.0 Å². The van der Waals surface area contributed by atoms with E-state index in [9.17, 15) is 0 Å². The van der Waals surface area contributed by atoms with Crippen molar-refractivity contribution < 1.29 is 4.74 Å². The Balaban J connectivity index is 2.20. The van der Waals surface area contributed by atoms with Crippen molar-refractivity contribution >= 4 is 0 Å². The van der Waals surface area contributed by atoms with Crippen molar-refractivity contribution in [3.8, 4) is 6.07 Å². The van der Waals surface area contributed by atoms with Gasteiger partial charge in [0.2, 0.25) is 0 Å². The highest BCUT2D eigenvalue weighted by atomic mass is 16.5. The molecule has 1 rings (SSSR count). The van der Waals surface area contributed by atoms with Crippen molar-refractivity contribution in [2.45, 2.75) is 45.3 Å². The van der Waals surface area contributed by atoms with Gasteiger partial charge in [0, 0.05) is 19.2 Å². The van der Waals surface area contributed by atoms with Gasteiger partial charge in [0.15, 0.2) is 0 Å². The lowest BCUT2D eigenvalue weighted by Gasteiger charge is -2.19. The smallest absolute Gasteiger partial charge is 0.0672 e. The van der Waals surface area contributed by atoms with Crippen LogP contribution in [0, 0.1) is 17.2 Å². The van der Waals surface area contributed by atoms with Crippen LogP contribution in [0.25, 0.3) is 0 Å². The first-order chi connectivity index (χ1) is 6.77. The normalized spacial score (nSPS) is 28.6. The van der Waals surface area contributed by atoms with Gasteiger partial charge in [-0.25, -0.2) is 0 Å². The third-order valence-corrected chi connectivity index (χ3v) is 2.80. The molecule has 3 atom stereocenters. The summed E-state index contributed by atoms with van der Waals surface area (Å²) in [6, 6.07) is 2.76. The summed E-state index contributed by atoms with van der Waals surface area (Å²) in [6.45, 7) is 5.68. The fourth-order valence-electron chi connectivity index (χ4n) is 2.02. The summed E-state index contributed by atoms with van der Waals surface area (Å²) in [7, 11) is 0. The number of ether oxygens (including phenoxy) is 1. The van der Waals surface area contributed by atoms with E-state index in [4.69, 9.17) is 10.00 Å². The van der Waals surface area contributed by atoms with Crippen LogP contribution in [0.2, 0.25) is 0 Å². The number of rotatable bonds is 5. The fraction of sp³-hybridized carbons (Fsp3) is 0.909. The molecule has 1 fully saturated rings. The van der Waals surface area contributed by atoms with Gasteiger partial charge in [0.25, 0.3) is 0 Å². The minimum Gasteiger partial charge on any atom is -0.377 e. The van der Waals surface area contributed by atoms with E-state index in [1.165, 1.54) is 6.42 Å². The highest BCUT2D eigenvalue weighted by Crippen LogP contribution is 2.24. The third-order valence-electron chi connectivity index (χ3n) is 2.80. The lowest BCUT2D eigenvalue weighted by molar-refractivity contribution is 0.0734. The van der Waals surface area contributed by atoms with E-state index in [0.29, 0.717) is 6.04 Å². The van der Waals surface area contributed by atoms with Crippen LogP contribution in [-0.4, -0.2) is 25.3 Å². The molecule has 1 saturated carbocycles. The molecule has 1 N–H and O–H groups in total. The second-order valence-corrected chi connectivity index (χ2v) is 3.95. The molecule has 0 spiro atoms. The van der Waals surface area contributed by atoms with E-state index >= 15 is 0 Å². The minimum absolute atomic E-state index is 0.212. The highest BCUT2D eigenvalue weighted by molar-refractivity contribution is 4.96. The molecule has 0 aromatic heterocycles. The summed E-state index contributed by atoms with van der Waals surface area (Å²) in [6.07, 6.45) is 3.62. The maximum atomic E-state index is 8.88. The Labute approximate surface area is 86.4 Å². The van der Waals surface area contributed by atoms with Gasteiger partial charge >= 0.3 is 0 Å². The fourth-order valence-corrected chi connectivity index (χ4v) is 2.02. The second kappa shape index (κ2) is 6.00. The van der Waals surface area contributed by atoms with E-state index < -0.39 is 0 Å². The molecule has 3 nitrogen and oxygen atoms in total. The van der Waals surface area contributed by atoms with Crippen molar-refractivity contribution in [3.05, 3.63) is 0 Å². The van der Waals surface area contributed by atoms with Crippen LogP contribution < -0.4 is 5.32 Å². The van der Waals surface area contributed by atoms with Gasteiger partial charge in [-0.1, -0.05) is 6.42 Å². The van der Waals surface area contributed by atoms with E-state index in [1.54, 1.807) is 0 Å². The van der Waals surface area contributed by atoms with Gasteiger partial charge in [-0.2, -0.15) is 5.26 Å². The molecule has 0 saturated heterocycles. The van der Waals surface area contributed by atoms with Gasteiger partial charge in [-0.3, -0.25) is 0 Å². The molecule has 3 heteroatoms. The molecule has 80 valence electrons. The van der Waals surface area contributed by atoms with E-state index in [1.807, 2.05) is 6.92 Å². The average molecular weight is 196 g/mol. The second-order valence-electron chi connectivity index (χ2n) is 3.95. The van der Waals surface area contributed by atoms with E-state index in [0.717, 1.165) is 26.0 Å². The molecule has 1 aliphatic rings. The van der Waals surface area contributed by atoms with Gasteiger partial charge in [-0.15, -0.1) is 0 Å². The van der Waals surface area contributed by atoms with Crippen molar-refractivity contribution in [1.29, 1.82) is 5.26 Å². The molecule has 0 bridgehead atoms. The van der Waals surface area contributed by atoms with E-state index in [2.05, 4.69) is 18.3 Å².